The van der Waals surface area contributed by atoms with Crippen molar-refractivity contribution in [2.24, 2.45) is 10.9 Å². The summed E-state index contributed by atoms with van der Waals surface area (Å²) >= 11 is 3.39. The molecule has 0 fully saturated rings. The van der Waals surface area contributed by atoms with Crippen LogP contribution in [0.4, 0.5) is 0 Å². The maximum Gasteiger partial charge on any atom is 0.171 e. The predicted octanol–water partition coefficient (Wildman–Crippen LogP) is 2.04. The lowest BCUT2D eigenvalue weighted by atomic mass is 10.2. The van der Waals surface area contributed by atoms with Gasteiger partial charge in [-0.1, -0.05) is 5.16 Å². The molecule has 0 bridgehead atoms. The van der Waals surface area contributed by atoms with Gasteiger partial charge in [-0.3, -0.25) is 0 Å². The topological polar surface area (TPSA) is 76.4 Å². The molecule has 0 aliphatic carbocycles. The van der Waals surface area contributed by atoms with Gasteiger partial charge in [0.25, 0.3) is 0 Å². The Bertz CT molecular complexity index is 577. The van der Waals surface area contributed by atoms with E-state index in [0.29, 0.717) is 5.56 Å². The Kier molecular flexibility index (Phi) is 3.14. The van der Waals surface area contributed by atoms with Gasteiger partial charge in [0.05, 0.1) is 0 Å². The van der Waals surface area contributed by atoms with Gasteiger partial charge in [0.15, 0.2) is 5.84 Å². The van der Waals surface area contributed by atoms with Crippen LogP contribution in [0, 0.1) is 6.92 Å². The highest BCUT2D eigenvalue weighted by atomic mass is 79.9. The van der Waals surface area contributed by atoms with E-state index in [0.717, 1.165) is 16.0 Å². The summed E-state index contributed by atoms with van der Waals surface area (Å²) in [6, 6.07) is 5.56. The van der Waals surface area contributed by atoms with E-state index in [1.807, 2.05) is 29.8 Å². The third-order valence-electron chi connectivity index (χ3n) is 2.44. The SMILES string of the molecule is Cc1nccn1-c1ccc(/C(N)=N/O)c(Br)c1. The van der Waals surface area contributed by atoms with Crippen LogP contribution in [0.1, 0.15) is 11.4 Å². The number of oxime groups is 1. The summed E-state index contributed by atoms with van der Waals surface area (Å²) in [5, 5.41) is 11.6. The van der Waals surface area contributed by atoms with Gasteiger partial charge in [0.1, 0.15) is 5.82 Å². The number of aromatic nitrogens is 2. The fourth-order valence-electron chi connectivity index (χ4n) is 1.57. The Labute approximate surface area is 107 Å². The molecule has 0 atom stereocenters. The van der Waals surface area contributed by atoms with E-state index in [4.69, 9.17) is 10.9 Å². The molecule has 0 radical (unpaired) electrons. The standard InChI is InChI=1S/C11H11BrN4O/c1-7-14-4-5-16(7)8-2-3-9(10(12)6-8)11(13)15-17/h2-6,17H,1H3,(H2,13,15). The zero-order chi connectivity index (χ0) is 12.4. The molecule has 0 amide bonds. The Morgan fingerprint density at radius 1 is 1.53 bits per heavy atom. The molecule has 6 heteroatoms. The number of amidine groups is 1. The van der Waals surface area contributed by atoms with Crippen molar-refractivity contribution in [2.45, 2.75) is 6.92 Å². The van der Waals surface area contributed by atoms with E-state index >= 15 is 0 Å². The number of benzene rings is 1. The van der Waals surface area contributed by atoms with Gasteiger partial charge in [-0.25, -0.2) is 4.98 Å². The number of hydrogen-bond donors (Lipinski definition) is 2. The van der Waals surface area contributed by atoms with Crippen LogP contribution in [0.5, 0.6) is 0 Å². The number of imidazole rings is 1. The molecule has 17 heavy (non-hydrogen) atoms. The fraction of sp³-hybridized carbons (Fsp3) is 0.0909. The van der Waals surface area contributed by atoms with E-state index in [-0.39, 0.29) is 5.84 Å². The first-order valence-corrected chi connectivity index (χ1v) is 5.70. The smallest absolute Gasteiger partial charge is 0.171 e. The lowest BCUT2D eigenvalue weighted by Gasteiger charge is -2.08. The normalized spacial score (nSPS) is 11.8. The van der Waals surface area contributed by atoms with Crippen molar-refractivity contribution in [1.29, 1.82) is 0 Å². The van der Waals surface area contributed by atoms with Crippen LogP contribution >= 0.6 is 15.9 Å². The van der Waals surface area contributed by atoms with Crippen LogP contribution in [0.3, 0.4) is 0 Å². The molecule has 2 aromatic rings. The second-order valence-corrected chi connectivity index (χ2v) is 4.35. The summed E-state index contributed by atoms with van der Waals surface area (Å²) < 4.78 is 2.71. The lowest BCUT2D eigenvalue weighted by Crippen LogP contribution is -2.14. The maximum atomic E-state index is 8.64. The van der Waals surface area contributed by atoms with Gasteiger partial charge in [-0.05, 0) is 41.1 Å². The average Bonchev–Trinajstić information content (AvgIpc) is 2.74. The summed E-state index contributed by atoms with van der Waals surface area (Å²) in [6.07, 6.45) is 3.61. The molecule has 0 saturated heterocycles. The van der Waals surface area contributed by atoms with Crippen molar-refractivity contribution < 1.29 is 5.21 Å². The van der Waals surface area contributed by atoms with Crippen molar-refractivity contribution in [2.75, 3.05) is 0 Å². The van der Waals surface area contributed by atoms with Crippen LogP contribution in [-0.4, -0.2) is 20.6 Å². The van der Waals surface area contributed by atoms with Gasteiger partial charge in [0, 0.05) is 28.1 Å². The number of aryl methyl sites for hydroxylation is 1. The fourth-order valence-corrected chi connectivity index (χ4v) is 2.14. The highest BCUT2D eigenvalue weighted by molar-refractivity contribution is 9.10. The molecule has 5 nitrogen and oxygen atoms in total. The number of nitrogens with zero attached hydrogens (tertiary/aromatic N) is 3. The molecule has 0 unspecified atom stereocenters. The Morgan fingerprint density at radius 3 is 2.82 bits per heavy atom. The van der Waals surface area contributed by atoms with Gasteiger partial charge in [-0.15, -0.1) is 0 Å². The van der Waals surface area contributed by atoms with Crippen molar-refractivity contribution in [1.82, 2.24) is 9.55 Å². The van der Waals surface area contributed by atoms with Crippen LogP contribution in [0.15, 0.2) is 40.2 Å². The summed E-state index contributed by atoms with van der Waals surface area (Å²) in [4.78, 5) is 4.16. The summed E-state index contributed by atoms with van der Waals surface area (Å²) in [5.41, 5.74) is 7.15. The van der Waals surface area contributed by atoms with E-state index in [2.05, 4.69) is 26.1 Å². The molecule has 2 rings (SSSR count). The molecular formula is C11H11BrN4O. The Hall–Kier alpha value is -1.82. The molecule has 0 aliphatic heterocycles. The average molecular weight is 295 g/mol. The first-order chi connectivity index (χ1) is 8.13. The van der Waals surface area contributed by atoms with Crippen LogP contribution < -0.4 is 5.73 Å². The molecular weight excluding hydrogens is 284 g/mol. The number of halogens is 1. The zero-order valence-corrected chi connectivity index (χ0v) is 10.7. The largest absolute Gasteiger partial charge is 0.409 e. The minimum atomic E-state index is 0.0748. The van der Waals surface area contributed by atoms with E-state index < -0.39 is 0 Å². The molecule has 0 aliphatic rings. The molecule has 88 valence electrons. The minimum absolute atomic E-state index is 0.0748. The first-order valence-electron chi connectivity index (χ1n) is 4.91. The molecule has 1 heterocycles. The van der Waals surface area contributed by atoms with Crippen LogP contribution in [0.25, 0.3) is 5.69 Å². The monoisotopic (exact) mass is 294 g/mol. The second-order valence-electron chi connectivity index (χ2n) is 3.49. The third-order valence-corrected chi connectivity index (χ3v) is 3.10. The lowest BCUT2D eigenvalue weighted by molar-refractivity contribution is 0.318. The number of nitrogens with two attached hydrogens (primary N) is 1. The Morgan fingerprint density at radius 2 is 2.29 bits per heavy atom. The van der Waals surface area contributed by atoms with Crippen molar-refractivity contribution >= 4 is 21.8 Å². The zero-order valence-electron chi connectivity index (χ0n) is 9.13. The Balaban J connectivity index is 2.48. The van der Waals surface area contributed by atoms with Gasteiger partial charge >= 0.3 is 0 Å². The van der Waals surface area contributed by atoms with Crippen molar-refractivity contribution in [3.8, 4) is 5.69 Å². The summed E-state index contributed by atoms with van der Waals surface area (Å²) in [6.45, 7) is 1.92. The molecule has 0 saturated carbocycles. The first kappa shape index (κ1) is 11.7. The van der Waals surface area contributed by atoms with Crippen LogP contribution in [0.2, 0.25) is 0 Å². The third kappa shape index (κ3) is 2.16. The molecule has 1 aromatic carbocycles. The number of hydrogen-bond acceptors (Lipinski definition) is 3. The predicted molar refractivity (Wildman–Crippen MR) is 68.5 cm³/mol. The molecule has 0 spiro atoms. The summed E-state index contributed by atoms with van der Waals surface area (Å²) in [7, 11) is 0. The highest BCUT2D eigenvalue weighted by Crippen LogP contribution is 2.21. The molecule has 3 N–H and O–H groups in total. The quantitative estimate of drug-likeness (QED) is 0.385. The van der Waals surface area contributed by atoms with Gasteiger partial charge < -0.3 is 15.5 Å². The minimum Gasteiger partial charge on any atom is -0.409 e. The maximum absolute atomic E-state index is 8.64. The van der Waals surface area contributed by atoms with Crippen molar-refractivity contribution in [3.05, 3.63) is 46.5 Å². The molecule has 1 aromatic heterocycles. The number of rotatable bonds is 2. The van der Waals surface area contributed by atoms with Crippen molar-refractivity contribution in [3.63, 3.8) is 0 Å². The van der Waals surface area contributed by atoms with E-state index in [1.54, 1.807) is 12.3 Å². The van der Waals surface area contributed by atoms with Gasteiger partial charge in [-0.2, -0.15) is 0 Å². The van der Waals surface area contributed by atoms with E-state index in [1.165, 1.54) is 0 Å². The van der Waals surface area contributed by atoms with Gasteiger partial charge in [0.2, 0.25) is 0 Å². The highest BCUT2D eigenvalue weighted by Gasteiger charge is 2.07. The second kappa shape index (κ2) is 4.58. The van der Waals surface area contributed by atoms with Crippen LogP contribution in [-0.2, 0) is 0 Å². The van der Waals surface area contributed by atoms with E-state index in [9.17, 15) is 0 Å². The summed E-state index contributed by atoms with van der Waals surface area (Å²) in [5.74, 6) is 0.972.